The summed E-state index contributed by atoms with van der Waals surface area (Å²) in [5.74, 6) is 0.643. The second-order valence-electron chi connectivity index (χ2n) is 5.55. The van der Waals surface area contributed by atoms with Gasteiger partial charge in [-0.15, -0.1) is 0 Å². The van der Waals surface area contributed by atoms with E-state index in [1.165, 1.54) is 0 Å². The average Bonchev–Trinajstić information content (AvgIpc) is 3.16. The number of hydrogen-bond acceptors (Lipinski definition) is 3. The summed E-state index contributed by atoms with van der Waals surface area (Å²) in [7, 11) is 1.76. The third kappa shape index (κ3) is 4.39. The Morgan fingerprint density at radius 2 is 2.04 bits per heavy atom. The van der Waals surface area contributed by atoms with Crippen molar-refractivity contribution in [2.45, 2.75) is 0 Å². The molecule has 128 valence electrons. The van der Waals surface area contributed by atoms with Crippen molar-refractivity contribution in [2.75, 3.05) is 20.2 Å². The molecule has 0 aliphatic rings. The van der Waals surface area contributed by atoms with E-state index in [1.54, 1.807) is 36.6 Å². The summed E-state index contributed by atoms with van der Waals surface area (Å²) < 4.78 is 7.51. The summed E-state index contributed by atoms with van der Waals surface area (Å²) in [5.41, 5.74) is 1.59. The van der Waals surface area contributed by atoms with Crippen LogP contribution in [0.4, 0.5) is 0 Å². The lowest BCUT2D eigenvalue weighted by molar-refractivity contribution is 0.0774. The number of halogens is 1. The number of imidazole rings is 1. The van der Waals surface area contributed by atoms with Crippen LogP contribution in [0.2, 0.25) is 5.02 Å². The maximum Gasteiger partial charge on any atom is 0.253 e. The van der Waals surface area contributed by atoms with Crippen molar-refractivity contribution in [3.05, 3.63) is 77.8 Å². The molecule has 0 unspecified atom stereocenters. The predicted octanol–water partition coefficient (Wildman–Crippen LogP) is 3.68. The molecule has 0 spiro atoms. The molecule has 0 atom stereocenters. The number of carbonyl (C=O) groups is 1. The summed E-state index contributed by atoms with van der Waals surface area (Å²) in [6, 6.07) is 14.6. The van der Waals surface area contributed by atoms with E-state index in [4.69, 9.17) is 16.3 Å². The lowest BCUT2D eigenvalue weighted by atomic mass is 10.2. The Bertz CT molecular complexity index is 832. The van der Waals surface area contributed by atoms with Gasteiger partial charge in [-0.2, -0.15) is 0 Å². The number of ether oxygens (including phenoxy) is 1. The molecular weight excluding hydrogens is 338 g/mol. The third-order valence-electron chi connectivity index (χ3n) is 3.76. The monoisotopic (exact) mass is 355 g/mol. The molecule has 0 fully saturated rings. The van der Waals surface area contributed by atoms with E-state index >= 15 is 0 Å². The molecule has 3 rings (SSSR count). The minimum atomic E-state index is -0.0492. The molecule has 1 amide bonds. The summed E-state index contributed by atoms with van der Waals surface area (Å²) in [6.07, 6.45) is 5.29. The van der Waals surface area contributed by atoms with E-state index in [-0.39, 0.29) is 5.91 Å². The Hall–Kier alpha value is -2.79. The van der Waals surface area contributed by atoms with Crippen molar-refractivity contribution >= 4 is 17.5 Å². The number of nitrogens with zero attached hydrogens (tertiary/aromatic N) is 3. The van der Waals surface area contributed by atoms with E-state index in [1.807, 2.05) is 47.2 Å². The van der Waals surface area contributed by atoms with Gasteiger partial charge in [-0.1, -0.05) is 17.7 Å². The Labute approximate surface area is 151 Å². The Balaban J connectivity index is 1.55. The van der Waals surface area contributed by atoms with E-state index in [0.29, 0.717) is 29.5 Å². The van der Waals surface area contributed by atoms with Crippen LogP contribution in [0.1, 0.15) is 10.4 Å². The second kappa shape index (κ2) is 7.85. The molecule has 0 saturated heterocycles. The van der Waals surface area contributed by atoms with Crippen molar-refractivity contribution in [1.82, 2.24) is 14.5 Å². The first-order valence-corrected chi connectivity index (χ1v) is 8.23. The standard InChI is InChI=1S/C19H18ClN3O2/c1-22(11-12-25-18-4-2-3-16(20)13-18)19(24)15-5-7-17(8-6-15)23-10-9-21-14-23/h2-10,13-14H,11-12H2,1H3. The van der Waals surface area contributed by atoms with Crippen molar-refractivity contribution in [1.29, 1.82) is 0 Å². The fourth-order valence-electron chi connectivity index (χ4n) is 2.37. The minimum absolute atomic E-state index is 0.0492. The number of hydrogen-bond donors (Lipinski definition) is 0. The Kier molecular flexibility index (Phi) is 5.36. The van der Waals surface area contributed by atoms with Crippen molar-refractivity contribution in [2.24, 2.45) is 0 Å². The van der Waals surface area contributed by atoms with E-state index in [0.717, 1.165) is 5.69 Å². The molecule has 0 bridgehead atoms. The molecule has 2 aromatic carbocycles. The molecule has 0 aliphatic carbocycles. The Morgan fingerprint density at radius 1 is 1.24 bits per heavy atom. The van der Waals surface area contributed by atoms with Crippen LogP contribution in [0.3, 0.4) is 0 Å². The molecule has 6 heteroatoms. The Morgan fingerprint density at radius 3 is 2.72 bits per heavy atom. The van der Waals surface area contributed by atoms with Gasteiger partial charge in [0.25, 0.3) is 5.91 Å². The minimum Gasteiger partial charge on any atom is -0.492 e. The van der Waals surface area contributed by atoms with Gasteiger partial charge >= 0.3 is 0 Å². The zero-order valence-corrected chi connectivity index (χ0v) is 14.6. The topological polar surface area (TPSA) is 47.4 Å². The van der Waals surface area contributed by atoms with Gasteiger partial charge in [0.2, 0.25) is 0 Å². The number of aromatic nitrogens is 2. The van der Waals surface area contributed by atoms with E-state index in [9.17, 15) is 4.79 Å². The first-order valence-electron chi connectivity index (χ1n) is 7.86. The lowest BCUT2D eigenvalue weighted by Gasteiger charge is -2.18. The molecule has 3 aromatic rings. The highest BCUT2D eigenvalue weighted by Gasteiger charge is 2.11. The van der Waals surface area contributed by atoms with Gasteiger partial charge in [0.05, 0.1) is 12.9 Å². The molecule has 0 N–H and O–H groups in total. The van der Waals surface area contributed by atoms with Crippen LogP contribution >= 0.6 is 11.6 Å². The third-order valence-corrected chi connectivity index (χ3v) is 3.99. The van der Waals surface area contributed by atoms with Gasteiger partial charge < -0.3 is 14.2 Å². The van der Waals surface area contributed by atoms with Crippen molar-refractivity contribution in [3.63, 3.8) is 0 Å². The van der Waals surface area contributed by atoms with Crippen molar-refractivity contribution < 1.29 is 9.53 Å². The number of amides is 1. The number of benzene rings is 2. The summed E-state index contributed by atoms with van der Waals surface area (Å²) in [5, 5.41) is 0.625. The van der Waals surface area contributed by atoms with Crippen LogP contribution < -0.4 is 4.74 Å². The quantitative estimate of drug-likeness (QED) is 0.677. The molecule has 5 nitrogen and oxygen atoms in total. The van der Waals surface area contributed by atoms with Crippen LogP contribution in [-0.4, -0.2) is 40.6 Å². The molecule has 1 heterocycles. The molecule has 0 aliphatic heterocycles. The van der Waals surface area contributed by atoms with Crippen LogP contribution in [0.15, 0.2) is 67.3 Å². The van der Waals surface area contributed by atoms with Crippen LogP contribution in [-0.2, 0) is 0 Å². The van der Waals surface area contributed by atoms with Crippen LogP contribution in [0.25, 0.3) is 5.69 Å². The van der Waals surface area contributed by atoms with Gasteiger partial charge in [-0.3, -0.25) is 4.79 Å². The first-order chi connectivity index (χ1) is 12.1. The highest BCUT2D eigenvalue weighted by atomic mass is 35.5. The van der Waals surface area contributed by atoms with Gasteiger partial charge in [0.1, 0.15) is 12.4 Å². The highest BCUT2D eigenvalue weighted by Crippen LogP contribution is 2.17. The fourth-order valence-corrected chi connectivity index (χ4v) is 2.55. The summed E-state index contributed by atoms with van der Waals surface area (Å²) >= 11 is 5.92. The SMILES string of the molecule is CN(CCOc1cccc(Cl)c1)C(=O)c1ccc(-n2ccnc2)cc1. The zero-order chi connectivity index (χ0) is 17.6. The largest absolute Gasteiger partial charge is 0.492 e. The van der Waals surface area contributed by atoms with Gasteiger partial charge in [0, 0.05) is 35.7 Å². The molecular formula is C19H18ClN3O2. The maximum atomic E-state index is 12.5. The number of rotatable bonds is 6. The predicted molar refractivity (Wildman–Crippen MR) is 97.5 cm³/mol. The average molecular weight is 356 g/mol. The maximum absolute atomic E-state index is 12.5. The molecule has 1 aromatic heterocycles. The normalized spacial score (nSPS) is 10.5. The van der Waals surface area contributed by atoms with E-state index < -0.39 is 0 Å². The summed E-state index contributed by atoms with van der Waals surface area (Å²) in [4.78, 5) is 18.1. The van der Waals surface area contributed by atoms with Crippen molar-refractivity contribution in [3.8, 4) is 11.4 Å². The van der Waals surface area contributed by atoms with Gasteiger partial charge in [0.15, 0.2) is 0 Å². The zero-order valence-electron chi connectivity index (χ0n) is 13.8. The smallest absolute Gasteiger partial charge is 0.253 e. The second-order valence-corrected chi connectivity index (χ2v) is 5.99. The van der Waals surface area contributed by atoms with Gasteiger partial charge in [-0.25, -0.2) is 4.98 Å². The lowest BCUT2D eigenvalue weighted by Crippen LogP contribution is -2.30. The van der Waals surface area contributed by atoms with Gasteiger partial charge in [-0.05, 0) is 42.5 Å². The molecule has 0 saturated carbocycles. The number of carbonyl (C=O) groups excluding carboxylic acids is 1. The summed E-state index contributed by atoms with van der Waals surface area (Å²) in [6.45, 7) is 0.879. The highest BCUT2D eigenvalue weighted by molar-refractivity contribution is 6.30. The molecule has 0 radical (unpaired) electrons. The van der Waals surface area contributed by atoms with E-state index in [2.05, 4.69) is 4.98 Å². The van der Waals surface area contributed by atoms with Crippen LogP contribution in [0, 0.1) is 0 Å². The van der Waals surface area contributed by atoms with Crippen LogP contribution in [0.5, 0.6) is 5.75 Å². The first kappa shape index (κ1) is 17.0. The molecule has 25 heavy (non-hydrogen) atoms. The fraction of sp³-hybridized carbons (Fsp3) is 0.158. The number of likely N-dealkylation sites (N-methyl/N-ethyl adjacent to an activating group) is 1.